The SMILES string of the molecule is CCCNc1nc(NCCn2cc(C)cn2)nc(OC)n1. The third kappa shape index (κ3) is 4.59. The molecule has 8 nitrogen and oxygen atoms in total. The molecule has 0 saturated carbocycles. The van der Waals surface area contributed by atoms with Gasteiger partial charge in [0.2, 0.25) is 11.9 Å². The molecular weight excluding hydrogens is 270 g/mol. The minimum Gasteiger partial charge on any atom is -0.467 e. The molecule has 2 aromatic rings. The Morgan fingerprint density at radius 1 is 1.14 bits per heavy atom. The summed E-state index contributed by atoms with van der Waals surface area (Å²) in [6.07, 6.45) is 4.82. The van der Waals surface area contributed by atoms with Gasteiger partial charge in [0.15, 0.2) is 0 Å². The smallest absolute Gasteiger partial charge is 0.322 e. The van der Waals surface area contributed by atoms with E-state index in [0.717, 1.165) is 25.1 Å². The first kappa shape index (κ1) is 15.0. The molecule has 0 aliphatic rings. The van der Waals surface area contributed by atoms with Gasteiger partial charge in [-0.2, -0.15) is 20.1 Å². The third-order valence-electron chi connectivity index (χ3n) is 2.72. The van der Waals surface area contributed by atoms with E-state index in [1.807, 2.05) is 24.0 Å². The Morgan fingerprint density at radius 3 is 2.43 bits per heavy atom. The van der Waals surface area contributed by atoms with Crippen molar-refractivity contribution >= 4 is 11.9 Å². The number of aryl methyl sites for hydroxylation is 1. The highest BCUT2D eigenvalue weighted by Gasteiger charge is 2.06. The Hall–Kier alpha value is -2.38. The molecule has 0 radical (unpaired) electrons. The molecular formula is C13H21N7O. The van der Waals surface area contributed by atoms with Crippen LogP contribution in [0.2, 0.25) is 0 Å². The topological polar surface area (TPSA) is 89.8 Å². The third-order valence-corrected chi connectivity index (χ3v) is 2.72. The summed E-state index contributed by atoms with van der Waals surface area (Å²) < 4.78 is 6.96. The summed E-state index contributed by atoms with van der Waals surface area (Å²) in [5.74, 6) is 1.01. The molecule has 0 atom stereocenters. The van der Waals surface area contributed by atoms with Gasteiger partial charge in [0, 0.05) is 19.3 Å². The highest BCUT2D eigenvalue weighted by molar-refractivity contribution is 5.35. The van der Waals surface area contributed by atoms with Gasteiger partial charge in [-0.1, -0.05) is 6.92 Å². The molecule has 2 N–H and O–H groups in total. The van der Waals surface area contributed by atoms with Crippen LogP contribution in [0.1, 0.15) is 18.9 Å². The van der Waals surface area contributed by atoms with Crippen molar-refractivity contribution in [3.63, 3.8) is 0 Å². The second-order valence-corrected chi connectivity index (χ2v) is 4.60. The first-order valence-corrected chi connectivity index (χ1v) is 6.98. The highest BCUT2D eigenvalue weighted by Crippen LogP contribution is 2.10. The van der Waals surface area contributed by atoms with E-state index in [-0.39, 0.29) is 0 Å². The van der Waals surface area contributed by atoms with Crippen LogP contribution in [-0.4, -0.2) is 44.9 Å². The number of methoxy groups -OCH3 is 1. The fourth-order valence-corrected chi connectivity index (χ4v) is 1.71. The molecule has 2 rings (SSSR count). The predicted molar refractivity (Wildman–Crippen MR) is 80.6 cm³/mol. The number of hydrogen-bond acceptors (Lipinski definition) is 7. The van der Waals surface area contributed by atoms with Crippen molar-refractivity contribution in [1.82, 2.24) is 24.7 Å². The van der Waals surface area contributed by atoms with Crippen molar-refractivity contribution in [2.45, 2.75) is 26.8 Å². The summed E-state index contributed by atoms with van der Waals surface area (Å²) in [4.78, 5) is 12.6. The van der Waals surface area contributed by atoms with Crippen molar-refractivity contribution in [2.24, 2.45) is 0 Å². The fourth-order valence-electron chi connectivity index (χ4n) is 1.71. The molecule has 0 saturated heterocycles. The largest absolute Gasteiger partial charge is 0.467 e. The van der Waals surface area contributed by atoms with Crippen LogP contribution in [-0.2, 0) is 6.54 Å². The van der Waals surface area contributed by atoms with Crippen LogP contribution in [0.5, 0.6) is 6.01 Å². The fraction of sp³-hybridized carbons (Fsp3) is 0.538. The molecule has 114 valence electrons. The average molecular weight is 291 g/mol. The van der Waals surface area contributed by atoms with Gasteiger partial charge in [-0.15, -0.1) is 0 Å². The van der Waals surface area contributed by atoms with E-state index in [0.29, 0.717) is 24.5 Å². The number of hydrogen-bond donors (Lipinski definition) is 2. The van der Waals surface area contributed by atoms with E-state index in [9.17, 15) is 0 Å². The van der Waals surface area contributed by atoms with Gasteiger partial charge in [0.05, 0.1) is 19.9 Å². The number of nitrogens with zero attached hydrogens (tertiary/aromatic N) is 5. The molecule has 0 aromatic carbocycles. The molecule has 8 heteroatoms. The lowest BCUT2D eigenvalue weighted by molar-refractivity contribution is 0.379. The van der Waals surface area contributed by atoms with Crippen LogP contribution in [0.25, 0.3) is 0 Å². The predicted octanol–water partition coefficient (Wildman–Crippen LogP) is 1.32. The number of ether oxygens (including phenoxy) is 1. The zero-order valence-corrected chi connectivity index (χ0v) is 12.6. The Kier molecular flexibility index (Phi) is 5.30. The van der Waals surface area contributed by atoms with E-state index in [1.54, 1.807) is 0 Å². The molecule has 0 fully saturated rings. The number of anilines is 2. The van der Waals surface area contributed by atoms with Gasteiger partial charge in [0.1, 0.15) is 0 Å². The normalized spacial score (nSPS) is 10.4. The minimum absolute atomic E-state index is 0.293. The zero-order chi connectivity index (χ0) is 15.1. The van der Waals surface area contributed by atoms with E-state index in [2.05, 4.69) is 37.6 Å². The molecule has 2 aromatic heterocycles. The van der Waals surface area contributed by atoms with Crippen molar-refractivity contribution in [1.29, 1.82) is 0 Å². The number of aromatic nitrogens is 5. The molecule has 0 aliphatic heterocycles. The lowest BCUT2D eigenvalue weighted by Gasteiger charge is -2.09. The maximum absolute atomic E-state index is 5.08. The Bertz CT molecular complexity index is 569. The van der Waals surface area contributed by atoms with E-state index >= 15 is 0 Å². The standard InChI is InChI=1S/C13H21N7O/c1-4-5-14-11-17-12(19-13(18-11)21-3)15-6-7-20-9-10(2)8-16-20/h8-9H,4-7H2,1-3H3,(H2,14,15,17,18,19). The average Bonchev–Trinajstić information content (AvgIpc) is 2.90. The summed E-state index contributed by atoms with van der Waals surface area (Å²) in [6.45, 7) is 6.30. The van der Waals surface area contributed by atoms with Gasteiger partial charge >= 0.3 is 6.01 Å². The van der Waals surface area contributed by atoms with Crippen molar-refractivity contribution in [3.8, 4) is 6.01 Å². The van der Waals surface area contributed by atoms with Crippen LogP contribution in [0.4, 0.5) is 11.9 Å². The van der Waals surface area contributed by atoms with Crippen LogP contribution < -0.4 is 15.4 Å². The molecule has 2 heterocycles. The number of nitrogens with one attached hydrogen (secondary N) is 2. The maximum Gasteiger partial charge on any atom is 0.322 e. The Balaban J connectivity index is 1.94. The molecule has 0 bridgehead atoms. The number of rotatable bonds is 8. The van der Waals surface area contributed by atoms with E-state index < -0.39 is 0 Å². The molecule has 21 heavy (non-hydrogen) atoms. The second kappa shape index (κ2) is 7.41. The first-order valence-electron chi connectivity index (χ1n) is 6.98. The van der Waals surface area contributed by atoms with Gasteiger partial charge in [0.25, 0.3) is 0 Å². The highest BCUT2D eigenvalue weighted by atomic mass is 16.5. The minimum atomic E-state index is 0.293. The summed E-state index contributed by atoms with van der Waals surface area (Å²) in [5, 5.41) is 10.5. The van der Waals surface area contributed by atoms with Crippen LogP contribution in [0, 0.1) is 6.92 Å². The molecule has 0 amide bonds. The summed E-state index contributed by atoms with van der Waals surface area (Å²) in [5.41, 5.74) is 1.14. The molecule has 0 spiro atoms. The van der Waals surface area contributed by atoms with E-state index in [4.69, 9.17) is 4.74 Å². The quantitative estimate of drug-likeness (QED) is 0.758. The van der Waals surface area contributed by atoms with Gasteiger partial charge in [-0.05, 0) is 18.9 Å². The van der Waals surface area contributed by atoms with Gasteiger partial charge in [-0.3, -0.25) is 4.68 Å². The Morgan fingerprint density at radius 2 is 1.86 bits per heavy atom. The van der Waals surface area contributed by atoms with Crippen LogP contribution in [0.15, 0.2) is 12.4 Å². The van der Waals surface area contributed by atoms with Crippen molar-refractivity contribution in [3.05, 3.63) is 18.0 Å². The van der Waals surface area contributed by atoms with E-state index in [1.165, 1.54) is 7.11 Å². The van der Waals surface area contributed by atoms with Crippen molar-refractivity contribution in [2.75, 3.05) is 30.8 Å². The van der Waals surface area contributed by atoms with Crippen LogP contribution >= 0.6 is 0 Å². The van der Waals surface area contributed by atoms with Crippen LogP contribution in [0.3, 0.4) is 0 Å². The molecule has 0 unspecified atom stereocenters. The summed E-state index contributed by atoms with van der Waals surface area (Å²) in [6, 6.07) is 0.293. The zero-order valence-electron chi connectivity index (χ0n) is 12.6. The lowest BCUT2D eigenvalue weighted by Crippen LogP contribution is -2.15. The first-order chi connectivity index (χ1) is 10.2. The summed E-state index contributed by atoms with van der Waals surface area (Å²) >= 11 is 0. The maximum atomic E-state index is 5.08. The van der Waals surface area contributed by atoms with Crippen molar-refractivity contribution < 1.29 is 4.74 Å². The monoisotopic (exact) mass is 291 g/mol. The second-order valence-electron chi connectivity index (χ2n) is 4.60. The molecule has 0 aliphatic carbocycles. The lowest BCUT2D eigenvalue weighted by atomic mass is 10.4. The van der Waals surface area contributed by atoms with Gasteiger partial charge in [-0.25, -0.2) is 0 Å². The summed E-state index contributed by atoms with van der Waals surface area (Å²) in [7, 11) is 1.54. The van der Waals surface area contributed by atoms with Gasteiger partial charge < -0.3 is 15.4 Å². The Labute approximate surface area is 124 Å².